The monoisotopic (exact) mass is 195 g/mol. The highest BCUT2D eigenvalue weighted by Crippen LogP contribution is 2.34. The van der Waals surface area contributed by atoms with Crippen LogP contribution in [0, 0.1) is 0 Å². The van der Waals surface area contributed by atoms with Gasteiger partial charge in [0.1, 0.15) is 0 Å². The highest BCUT2D eigenvalue weighted by Gasteiger charge is 2.18. The molecule has 74 valence electrons. The third-order valence-electron chi connectivity index (χ3n) is 3.08. The lowest BCUT2D eigenvalue weighted by Gasteiger charge is -2.01. The summed E-state index contributed by atoms with van der Waals surface area (Å²) < 4.78 is 0. The zero-order valence-corrected chi connectivity index (χ0v) is 8.83. The Kier molecular flexibility index (Phi) is 1.84. The maximum absolute atomic E-state index is 4.57. The van der Waals surface area contributed by atoms with Gasteiger partial charge in [0.2, 0.25) is 0 Å². The Morgan fingerprint density at radius 3 is 2.93 bits per heavy atom. The smallest absolute Gasteiger partial charge is 0.0740 e. The molecule has 0 saturated heterocycles. The molecule has 1 aromatic heterocycles. The zero-order valence-electron chi connectivity index (χ0n) is 8.83. The third-order valence-corrected chi connectivity index (χ3v) is 3.08. The lowest BCUT2D eigenvalue weighted by Crippen LogP contribution is -1.88. The molecule has 1 nitrogen and oxygen atoms in total. The molecule has 2 aromatic rings. The lowest BCUT2D eigenvalue weighted by molar-refractivity contribution is 1.09. The molecule has 0 spiro atoms. The fourth-order valence-electron chi connectivity index (χ4n) is 2.24. The second-order valence-electron chi connectivity index (χ2n) is 4.04. The molecule has 3 rings (SSSR count). The molecular weight excluding hydrogens is 182 g/mol. The van der Waals surface area contributed by atoms with Crippen molar-refractivity contribution in [2.24, 2.45) is 0 Å². The second-order valence-corrected chi connectivity index (χ2v) is 4.04. The van der Waals surface area contributed by atoms with Crippen LogP contribution in [0.1, 0.15) is 23.6 Å². The minimum absolute atomic E-state index is 1.05. The van der Waals surface area contributed by atoms with Gasteiger partial charge in [-0.2, -0.15) is 0 Å². The van der Waals surface area contributed by atoms with Crippen LogP contribution in [0.2, 0.25) is 0 Å². The minimum atomic E-state index is 1.05. The van der Waals surface area contributed by atoms with Gasteiger partial charge in [-0.1, -0.05) is 37.3 Å². The van der Waals surface area contributed by atoms with Crippen molar-refractivity contribution >= 4 is 0 Å². The number of nitrogens with zero attached hydrogens (tertiary/aromatic N) is 1. The van der Waals surface area contributed by atoms with Crippen molar-refractivity contribution in [2.75, 3.05) is 0 Å². The molecule has 0 N–H and O–H groups in total. The summed E-state index contributed by atoms with van der Waals surface area (Å²) in [5, 5.41) is 0. The van der Waals surface area contributed by atoms with Crippen molar-refractivity contribution in [3.05, 3.63) is 53.2 Å². The van der Waals surface area contributed by atoms with E-state index in [-0.39, 0.29) is 0 Å². The van der Waals surface area contributed by atoms with Gasteiger partial charge in [0.25, 0.3) is 0 Å². The van der Waals surface area contributed by atoms with Crippen molar-refractivity contribution in [1.82, 2.24) is 4.98 Å². The number of fused-ring (bicyclic) bond motifs is 3. The molecule has 0 bridgehead atoms. The van der Waals surface area contributed by atoms with Crippen LogP contribution in [0.4, 0.5) is 0 Å². The van der Waals surface area contributed by atoms with E-state index in [1.165, 1.54) is 27.9 Å². The van der Waals surface area contributed by atoms with Crippen molar-refractivity contribution in [1.29, 1.82) is 0 Å². The number of rotatable bonds is 1. The van der Waals surface area contributed by atoms with E-state index in [1.54, 1.807) is 0 Å². The quantitative estimate of drug-likeness (QED) is 0.581. The predicted molar refractivity (Wildman–Crippen MR) is 61.9 cm³/mol. The topological polar surface area (TPSA) is 12.9 Å². The first-order valence-corrected chi connectivity index (χ1v) is 5.44. The van der Waals surface area contributed by atoms with Gasteiger partial charge in [-0.3, -0.25) is 4.98 Å². The number of benzene rings is 1. The fraction of sp³-hybridized carbons (Fsp3) is 0.214. The van der Waals surface area contributed by atoms with Gasteiger partial charge in [0, 0.05) is 18.2 Å². The van der Waals surface area contributed by atoms with E-state index in [4.69, 9.17) is 0 Å². The van der Waals surface area contributed by atoms with Gasteiger partial charge >= 0.3 is 0 Å². The molecule has 0 unspecified atom stereocenters. The molecular formula is C14H13N. The van der Waals surface area contributed by atoms with Crippen LogP contribution in [0.25, 0.3) is 11.3 Å². The summed E-state index contributed by atoms with van der Waals surface area (Å²) in [6.07, 6.45) is 4.11. The molecule has 0 amide bonds. The summed E-state index contributed by atoms with van der Waals surface area (Å²) in [5.74, 6) is 0. The molecule has 0 atom stereocenters. The second kappa shape index (κ2) is 3.20. The van der Waals surface area contributed by atoms with Crippen molar-refractivity contribution in [2.45, 2.75) is 19.8 Å². The van der Waals surface area contributed by atoms with Crippen LogP contribution in [-0.2, 0) is 12.8 Å². The highest BCUT2D eigenvalue weighted by molar-refractivity contribution is 5.73. The van der Waals surface area contributed by atoms with E-state index in [1.807, 2.05) is 6.20 Å². The van der Waals surface area contributed by atoms with Crippen molar-refractivity contribution < 1.29 is 0 Å². The van der Waals surface area contributed by atoms with Crippen LogP contribution in [0.5, 0.6) is 0 Å². The number of aryl methyl sites for hydroxylation is 1. The van der Waals surface area contributed by atoms with Crippen LogP contribution in [0.3, 0.4) is 0 Å². The van der Waals surface area contributed by atoms with E-state index in [9.17, 15) is 0 Å². The maximum Gasteiger partial charge on any atom is 0.0740 e. The Balaban J connectivity index is 2.18. The number of hydrogen-bond donors (Lipinski definition) is 0. The van der Waals surface area contributed by atoms with Crippen molar-refractivity contribution in [3.63, 3.8) is 0 Å². The molecule has 1 heterocycles. The SMILES string of the molecule is CCc1cnc2c(c1)Cc1ccccc1-2. The predicted octanol–water partition coefficient (Wildman–Crippen LogP) is 3.22. The average molecular weight is 195 g/mol. The van der Waals surface area contributed by atoms with E-state index in [0.717, 1.165) is 12.8 Å². The summed E-state index contributed by atoms with van der Waals surface area (Å²) in [6.45, 7) is 2.17. The average Bonchev–Trinajstić information content (AvgIpc) is 2.66. The first kappa shape index (κ1) is 8.66. The van der Waals surface area contributed by atoms with E-state index < -0.39 is 0 Å². The lowest BCUT2D eigenvalue weighted by atomic mass is 10.1. The summed E-state index contributed by atoms with van der Waals surface area (Å²) in [5.41, 5.74) is 6.63. The van der Waals surface area contributed by atoms with Crippen LogP contribution >= 0.6 is 0 Å². The molecule has 0 fully saturated rings. The largest absolute Gasteiger partial charge is 0.256 e. The van der Waals surface area contributed by atoms with Crippen molar-refractivity contribution in [3.8, 4) is 11.3 Å². The molecule has 1 aromatic carbocycles. The molecule has 1 aliphatic carbocycles. The molecule has 15 heavy (non-hydrogen) atoms. The summed E-state index contributed by atoms with van der Waals surface area (Å²) in [4.78, 5) is 4.57. The summed E-state index contributed by atoms with van der Waals surface area (Å²) in [7, 11) is 0. The van der Waals surface area contributed by atoms with Gasteiger partial charge in [-0.25, -0.2) is 0 Å². The van der Waals surface area contributed by atoms with Gasteiger partial charge in [-0.05, 0) is 23.1 Å². The Morgan fingerprint density at radius 2 is 2.07 bits per heavy atom. The van der Waals surface area contributed by atoms with Gasteiger partial charge in [-0.15, -0.1) is 0 Å². The minimum Gasteiger partial charge on any atom is -0.256 e. The Morgan fingerprint density at radius 1 is 1.20 bits per heavy atom. The maximum atomic E-state index is 4.57. The molecule has 0 saturated carbocycles. The van der Waals surface area contributed by atoms with Gasteiger partial charge in [0.05, 0.1) is 5.69 Å². The van der Waals surface area contributed by atoms with E-state index in [0.29, 0.717) is 0 Å². The third kappa shape index (κ3) is 1.27. The first-order valence-electron chi connectivity index (χ1n) is 5.44. The Hall–Kier alpha value is -1.63. The summed E-state index contributed by atoms with van der Waals surface area (Å²) in [6, 6.07) is 10.8. The zero-order chi connectivity index (χ0) is 10.3. The number of pyridine rings is 1. The molecule has 0 radical (unpaired) electrons. The number of hydrogen-bond acceptors (Lipinski definition) is 1. The Bertz CT molecular complexity index is 514. The molecule has 1 aliphatic rings. The molecule has 0 aliphatic heterocycles. The van der Waals surface area contributed by atoms with Crippen LogP contribution in [0.15, 0.2) is 36.5 Å². The van der Waals surface area contributed by atoms with Gasteiger partial charge < -0.3 is 0 Å². The molecule has 1 heteroatoms. The van der Waals surface area contributed by atoms with Gasteiger partial charge in [0.15, 0.2) is 0 Å². The highest BCUT2D eigenvalue weighted by atomic mass is 14.7. The van der Waals surface area contributed by atoms with E-state index in [2.05, 4.69) is 42.2 Å². The van der Waals surface area contributed by atoms with E-state index >= 15 is 0 Å². The first-order chi connectivity index (χ1) is 7.38. The normalized spacial score (nSPS) is 12.3. The standard InChI is InChI=1S/C14H13N/c1-2-10-7-12-8-11-5-3-4-6-13(11)14(12)15-9-10/h3-7,9H,2,8H2,1H3. The van der Waals surface area contributed by atoms with Crippen LogP contribution in [-0.4, -0.2) is 4.98 Å². The number of aromatic nitrogens is 1. The van der Waals surface area contributed by atoms with Crippen LogP contribution < -0.4 is 0 Å². The Labute approximate surface area is 89.8 Å². The fourth-order valence-corrected chi connectivity index (χ4v) is 2.24. The summed E-state index contributed by atoms with van der Waals surface area (Å²) >= 11 is 0.